The maximum atomic E-state index is 10.6. The molecule has 0 saturated heterocycles. The minimum atomic E-state index is -0.763. The molecule has 2 aromatic heterocycles. The van der Waals surface area contributed by atoms with Crippen LogP contribution in [0.15, 0.2) is 24.4 Å². The number of aryl methyl sites for hydroxylation is 1. The summed E-state index contributed by atoms with van der Waals surface area (Å²) in [5.41, 5.74) is 1.89. The zero-order valence-corrected chi connectivity index (χ0v) is 15.3. The van der Waals surface area contributed by atoms with Gasteiger partial charge in [-0.1, -0.05) is 19.9 Å². The highest BCUT2D eigenvalue weighted by atomic mass is 16.3. The normalized spacial score (nSPS) is 13.8. The van der Waals surface area contributed by atoms with Gasteiger partial charge >= 0.3 is 0 Å². The van der Waals surface area contributed by atoms with E-state index in [1.807, 2.05) is 39.0 Å². The molecule has 130 valence electrons. The largest absolute Gasteiger partial charge is 0.388 e. The van der Waals surface area contributed by atoms with Crippen LogP contribution >= 0.6 is 0 Å². The topological polar surface area (TPSA) is 70.9 Å². The SMILES string of the molecule is Cc1nc(-c2ccccn2)nc(NCC(C)(O)CCC(C)C)c1C. The predicted molar refractivity (Wildman–Crippen MR) is 97.9 cm³/mol. The minimum Gasteiger partial charge on any atom is -0.388 e. The molecule has 0 amide bonds. The lowest BCUT2D eigenvalue weighted by Gasteiger charge is -2.25. The lowest BCUT2D eigenvalue weighted by molar-refractivity contribution is 0.0585. The molecule has 0 aliphatic carbocycles. The molecule has 0 bridgehead atoms. The predicted octanol–water partition coefficient (Wildman–Crippen LogP) is 3.75. The molecule has 0 fully saturated rings. The van der Waals surface area contributed by atoms with Crippen LogP contribution in [0.4, 0.5) is 5.82 Å². The van der Waals surface area contributed by atoms with Gasteiger partial charge < -0.3 is 10.4 Å². The average molecular weight is 328 g/mol. The quantitative estimate of drug-likeness (QED) is 0.810. The van der Waals surface area contributed by atoms with Gasteiger partial charge in [-0.15, -0.1) is 0 Å². The highest BCUT2D eigenvalue weighted by Gasteiger charge is 2.21. The van der Waals surface area contributed by atoms with Gasteiger partial charge in [0.05, 0.1) is 5.60 Å². The first kappa shape index (κ1) is 18.3. The Kier molecular flexibility index (Phi) is 5.89. The summed E-state index contributed by atoms with van der Waals surface area (Å²) in [6.45, 7) is 10.6. The van der Waals surface area contributed by atoms with Crippen LogP contribution in [0.5, 0.6) is 0 Å². The molecular formula is C19H28N4O. The molecule has 2 N–H and O–H groups in total. The summed E-state index contributed by atoms with van der Waals surface area (Å²) in [5.74, 6) is 1.94. The van der Waals surface area contributed by atoms with Crippen molar-refractivity contribution in [1.82, 2.24) is 15.0 Å². The molecule has 2 rings (SSSR count). The number of aliphatic hydroxyl groups is 1. The van der Waals surface area contributed by atoms with E-state index in [-0.39, 0.29) is 0 Å². The summed E-state index contributed by atoms with van der Waals surface area (Å²) >= 11 is 0. The van der Waals surface area contributed by atoms with E-state index in [1.54, 1.807) is 6.20 Å². The third kappa shape index (κ3) is 4.99. The monoisotopic (exact) mass is 328 g/mol. The van der Waals surface area contributed by atoms with E-state index >= 15 is 0 Å². The maximum absolute atomic E-state index is 10.6. The van der Waals surface area contributed by atoms with Crippen molar-refractivity contribution in [3.8, 4) is 11.5 Å². The van der Waals surface area contributed by atoms with E-state index in [0.717, 1.165) is 35.6 Å². The van der Waals surface area contributed by atoms with Gasteiger partial charge in [-0.2, -0.15) is 0 Å². The van der Waals surface area contributed by atoms with Crippen LogP contribution in [0.3, 0.4) is 0 Å². The first-order chi connectivity index (χ1) is 11.3. The van der Waals surface area contributed by atoms with E-state index in [0.29, 0.717) is 18.3 Å². The molecular weight excluding hydrogens is 300 g/mol. The lowest BCUT2D eigenvalue weighted by atomic mass is 9.95. The fourth-order valence-electron chi connectivity index (χ4n) is 2.37. The van der Waals surface area contributed by atoms with Crippen LogP contribution in [0.25, 0.3) is 11.5 Å². The average Bonchev–Trinajstić information content (AvgIpc) is 2.55. The Balaban J connectivity index is 2.17. The van der Waals surface area contributed by atoms with Crippen molar-refractivity contribution in [3.05, 3.63) is 35.7 Å². The summed E-state index contributed by atoms with van der Waals surface area (Å²) in [7, 11) is 0. The zero-order valence-electron chi connectivity index (χ0n) is 15.3. The molecule has 1 unspecified atom stereocenters. The first-order valence-electron chi connectivity index (χ1n) is 8.51. The maximum Gasteiger partial charge on any atom is 0.180 e. The number of nitrogens with zero attached hydrogens (tertiary/aromatic N) is 3. The number of nitrogens with one attached hydrogen (secondary N) is 1. The Hall–Kier alpha value is -2.01. The third-order valence-electron chi connectivity index (χ3n) is 4.18. The number of rotatable bonds is 7. The molecule has 0 saturated carbocycles. The molecule has 0 radical (unpaired) electrons. The van der Waals surface area contributed by atoms with Gasteiger partial charge in [-0.25, -0.2) is 9.97 Å². The van der Waals surface area contributed by atoms with Crippen molar-refractivity contribution in [3.63, 3.8) is 0 Å². The van der Waals surface area contributed by atoms with Crippen molar-refractivity contribution >= 4 is 5.82 Å². The van der Waals surface area contributed by atoms with Crippen molar-refractivity contribution < 1.29 is 5.11 Å². The van der Waals surface area contributed by atoms with Gasteiger partial charge in [-0.3, -0.25) is 4.98 Å². The van der Waals surface area contributed by atoms with E-state index < -0.39 is 5.60 Å². The molecule has 24 heavy (non-hydrogen) atoms. The summed E-state index contributed by atoms with van der Waals surface area (Å²) in [5, 5.41) is 13.9. The molecule has 0 aromatic carbocycles. The van der Waals surface area contributed by atoms with Crippen LogP contribution < -0.4 is 5.32 Å². The number of aromatic nitrogens is 3. The first-order valence-corrected chi connectivity index (χ1v) is 8.51. The highest BCUT2D eigenvalue weighted by molar-refractivity contribution is 5.56. The van der Waals surface area contributed by atoms with Gasteiger partial charge in [0.1, 0.15) is 11.5 Å². The molecule has 2 heterocycles. The molecule has 0 aliphatic heterocycles. The number of hydrogen-bond donors (Lipinski definition) is 2. The second-order valence-electron chi connectivity index (χ2n) is 7.10. The third-order valence-corrected chi connectivity index (χ3v) is 4.18. The Morgan fingerprint density at radius 3 is 2.58 bits per heavy atom. The van der Waals surface area contributed by atoms with E-state index in [1.165, 1.54) is 0 Å². The Morgan fingerprint density at radius 2 is 1.96 bits per heavy atom. The van der Waals surface area contributed by atoms with Gasteiger partial charge in [0, 0.05) is 24.0 Å². The Bertz CT molecular complexity index is 669. The molecule has 5 heteroatoms. The zero-order chi connectivity index (χ0) is 17.7. The van der Waals surface area contributed by atoms with Gasteiger partial charge in [0.2, 0.25) is 0 Å². The standard InChI is InChI=1S/C19H28N4O/c1-13(2)9-10-19(5,24)12-21-17-14(3)15(4)22-18(23-17)16-8-6-7-11-20-16/h6-8,11,13,24H,9-10,12H2,1-5H3,(H,21,22,23). The second-order valence-corrected chi connectivity index (χ2v) is 7.10. The fourth-order valence-corrected chi connectivity index (χ4v) is 2.37. The summed E-state index contributed by atoms with van der Waals surface area (Å²) < 4.78 is 0. The van der Waals surface area contributed by atoms with Crippen LogP contribution in [0.2, 0.25) is 0 Å². The van der Waals surface area contributed by atoms with Crippen molar-refractivity contribution in [2.75, 3.05) is 11.9 Å². The number of pyridine rings is 1. The number of anilines is 1. The molecule has 0 aliphatic rings. The molecule has 1 atom stereocenters. The van der Waals surface area contributed by atoms with Gasteiger partial charge in [0.25, 0.3) is 0 Å². The summed E-state index contributed by atoms with van der Waals surface area (Å²) in [6, 6.07) is 5.69. The van der Waals surface area contributed by atoms with E-state index in [4.69, 9.17) is 0 Å². The van der Waals surface area contributed by atoms with E-state index in [2.05, 4.69) is 34.1 Å². The van der Waals surface area contributed by atoms with Crippen molar-refractivity contribution in [2.45, 2.75) is 53.1 Å². The van der Waals surface area contributed by atoms with Crippen LogP contribution in [0.1, 0.15) is 44.9 Å². The summed E-state index contributed by atoms with van der Waals surface area (Å²) in [4.78, 5) is 13.5. The fraction of sp³-hybridized carbons (Fsp3) is 0.526. The lowest BCUT2D eigenvalue weighted by Crippen LogP contribution is -2.34. The minimum absolute atomic E-state index is 0.457. The Morgan fingerprint density at radius 1 is 1.21 bits per heavy atom. The van der Waals surface area contributed by atoms with E-state index in [9.17, 15) is 5.11 Å². The molecule has 2 aromatic rings. The second kappa shape index (κ2) is 7.71. The molecule has 5 nitrogen and oxygen atoms in total. The molecule has 0 spiro atoms. The highest BCUT2D eigenvalue weighted by Crippen LogP contribution is 2.22. The van der Waals surface area contributed by atoms with Crippen molar-refractivity contribution in [1.29, 1.82) is 0 Å². The summed E-state index contributed by atoms with van der Waals surface area (Å²) in [6.07, 6.45) is 3.49. The van der Waals surface area contributed by atoms with Crippen molar-refractivity contribution in [2.24, 2.45) is 5.92 Å². The van der Waals surface area contributed by atoms with Crippen LogP contribution in [-0.2, 0) is 0 Å². The van der Waals surface area contributed by atoms with Crippen LogP contribution in [0, 0.1) is 19.8 Å². The Labute approximate surface area is 144 Å². The van der Waals surface area contributed by atoms with Gasteiger partial charge in [0.15, 0.2) is 5.82 Å². The van der Waals surface area contributed by atoms with Gasteiger partial charge in [-0.05, 0) is 51.7 Å². The number of hydrogen-bond acceptors (Lipinski definition) is 5. The smallest absolute Gasteiger partial charge is 0.180 e. The van der Waals surface area contributed by atoms with Crippen LogP contribution in [-0.4, -0.2) is 32.2 Å².